The maximum absolute atomic E-state index is 9.95. The number of aliphatic imine (C=N–C) groups is 1. The first-order valence-electron chi connectivity index (χ1n) is 8.04. The summed E-state index contributed by atoms with van der Waals surface area (Å²) in [4.78, 5) is 4.55. The minimum absolute atomic E-state index is 0.224. The molecule has 0 saturated heterocycles. The number of guanidine groups is 1. The number of methoxy groups -OCH3 is 1. The lowest BCUT2D eigenvalue weighted by Gasteiger charge is -2.15. The largest absolute Gasteiger partial charge is 0.508 e. The SMILES string of the molecule is CCNC(=NCc1cc(OC)ccc1O)NCC(C)c1ccsc1. The molecule has 24 heavy (non-hydrogen) atoms. The third-order valence-electron chi connectivity index (χ3n) is 3.73. The molecule has 0 bridgehead atoms. The minimum atomic E-state index is 0.224. The Bertz CT molecular complexity index is 656. The summed E-state index contributed by atoms with van der Waals surface area (Å²) in [6.07, 6.45) is 0. The van der Waals surface area contributed by atoms with Gasteiger partial charge in [0.15, 0.2) is 5.96 Å². The third-order valence-corrected chi connectivity index (χ3v) is 4.43. The van der Waals surface area contributed by atoms with Crippen LogP contribution in [0.5, 0.6) is 11.5 Å². The van der Waals surface area contributed by atoms with Crippen molar-refractivity contribution in [3.63, 3.8) is 0 Å². The van der Waals surface area contributed by atoms with Crippen molar-refractivity contribution < 1.29 is 9.84 Å². The average Bonchev–Trinajstić information content (AvgIpc) is 3.13. The lowest BCUT2D eigenvalue weighted by molar-refractivity contribution is 0.411. The van der Waals surface area contributed by atoms with E-state index in [1.54, 1.807) is 36.6 Å². The van der Waals surface area contributed by atoms with Crippen LogP contribution in [0, 0.1) is 0 Å². The third kappa shape index (κ3) is 5.16. The number of rotatable bonds is 7. The highest BCUT2D eigenvalue weighted by molar-refractivity contribution is 7.07. The average molecular weight is 347 g/mol. The van der Waals surface area contributed by atoms with Crippen molar-refractivity contribution in [3.05, 3.63) is 46.2 Å². The molecule has 2 aromatic rings. The Labute approximate surface area is 147 Å². The minimum Gasteiger partial charge on any atom is -0.508 e. The van der Waals surface area contributed by atoms with Gasteiger partial charge in [-0.1, -0.05) is 6.92 Å². The number of hydrogen-bond acceptors (Lipinski definition) is 4. The molecule has 1 aromatic carbocycles. The summed E-state index contributed by atoms with van der Waals surface area (Å²) in [5.41, 5.74) is 2.06. The van der Waals surface area contributed by atoms with Crippen LogP contribution in [0.4, 0.5) is 0 Å². The van der Waals surface area contributed by atoms with Crippen molar-refractivity contribution in [2.24, 2.45) is 4.99 Å². The van der Waals surface area contributed by atoms with Crippen LogP contribution >= 0.6 is 11.3 Å². The second kappa shape index (κ2) is 9.17. The van der Waals surface area contributed by atoms with Gasteiger partial charge in [-0.3, -0.25) is 0 Å². The Morgan fingerprint density at radius 2 is 2.17 bits per heavy atom. The number of hydrogen-bond donors (Lipinski definition) is 3. The van der Waals surface area contributed by atoms with Crippen LogP contribution in [0.1, 0.15) is 30.9 Å². The van der Waals surface area contributed by atoms with Crippen molar-refractivity contribution in [1.82, 2.24) is 10.6 Å². The number of benzene rings is 1. The van der Waals surface area contributed by atoms with E-state index < -0.39 is 0 Å². The van der Waals surface area contributed by atoms with E-state index >= 15 is 0 Å². The number of nitrogens with one attached hydrogen (secondary N) is 2. The molecule has 5 nitrogen and oxygen atoms in total. The second-order valence-electron chi connectivity index (χ2n) is 5.53. The molecule has 1 aromatic heterocycles. The molecule has 2 rings (SSSR count). The smallest absolute Gasteiger partial charge is 0.191 e. The van der Waals surface area contributed by atoms with Crippen LogP contribution in [0.2, 0.25) is 0 Å². The van der Waals surface area contributed by atoms with Gasteiger partial charge in [0.2, 0.25) is 0 Å². The Morgan fingerprint density at radius 3 is 2.83 bits per heavy atom. The monoisotopic (exact) mass is 347 g/mol. The Kier molecular flexibility index (Phi) is 6.93. The summed E-state index contributed by atoms with van der Waals surface area (Å²) < 4.78 is 5.19. The zero-order valence-corrected chi connectivity index (χ0v) is 15.2. The predicted octanol–water partition coefficient (Wildman–Crippen LogP) is 3.32. The fraction of sp³-hybridized carbons (Fsp3) is 0.389. The van der Waals surface area contributed by atoms with Gasteiger partial charge in [-0.05, 0) is 53.4 Å². The maximum Gasteiger partial charge on any atom is 0.191 e. The molecule has 130 valence electrons. The van der Waals surface area contributed by atoms with Crippen LogP contribution in [0.15, 0.2) is 40.0 Å². The highest BCUT2D eigenvalue weighted by Crippen LogP contribution is 2.23. The van der Waals surface area contributed by atoms with Gasteiger partial charge in [0.05, 0.1) is 13.7 Å². The molecule has 0 fully saturated rings. The van der Waals surface area contributed by atoms with Crippen molar-refractivity contribution in [3.8, 4) is 11.5 Å². The molecule has 0 aliphatic rings. The molecule has 1 atom stereocenters. The van der Waals surface area contributed by atoms with E-state index in [0.29, 0.717) is 18.2 Å². The number of aromatic hydroxyl groups is 1. The lowest BCUT2D eigenvalue weighted by atomic mass is 10.1. The number of phenols is 1. The van der Waals surface area contributed by atoms with Crippen LogP contribution in [0.3, 0.4) is 0 Å². The van der Waals surface area contributed by atoms with E-state index in [9.17, 15) is 5.11 Å². The fourth-order valence-corrected chi connectivity index (χ4v) is 3.03. The highest BCUT2D eigenvalue weighted by atomic mass is 32.1. The molecule has 3 N–H and O–H groups in total. The fourth-order valence-electron chi connectivity index (χ4n) is 2.24. The summed E-state index contributed by atoms with van der Waals surface area (Å²) in [7, 11) is 1.61. The maximum atomic E-state index is 9.95. The lowest BCUT2D eigenvalue weighted by Crippen LogP contribution is -2.39. The first-order valence-corrected chi connectivity index (χ1v) is 8.98. The first kappa shape index (κ1) is 18.1. The molecule has 0 aliphatic carbocycles. The van der Waals surface area contributed by atoms with Gasteiger partial charge in [-0.15, -0.1) is 0 Å². The summed E-state index contributed by atoms with van der Waals surface area (Å²) in [6.45, 7) is 6.18. The summed E-state index contributed by atoms with van der Waals surface area (Å²) in [6, 6.07) is 7.31. The van der Waals surface area contributed by atoms with Crippen LogP contribution in [-0.4, -0.2) is 31.3 Å². The summed E-state index contributed by atoms with van der Waals surface area (Å²) in [5.74, 6) is 2.08. The topological polar surface area (TPSA) is 65.9 Å². The predicted molar refractivity (Wildman–Crippen MR) is 100 cm³/mol. The molecule has 0 aliphatic heterocycles. The molecule has 6 heteroatoms. The van der Waals surface area contributed by atoms with E-state index in [2.05, 4.69) is 39.4 Å². The Hall–Kier alpha value is -2.21. The van der Waals surface area contributed by atoms with Gasteiger partial charge in [-0.2, -0.15) is 11.3 Å². The molecule has 1 unspecified atom stereocenters. The molecule has 1 heterocycles. The van der Waals surface area contributed by atoms with Gasteiger partial charge in [0.1, 0.15) is 11.5 Å². The zero-order valence-electron chi connectivity index (χ0n) is 14.4. The van der Waals surface area contributed by atoms with Crippen LogP contribution in [-0.2, 0) is 6.54 Å². The van der Waals surface area contributed by atoms with Gasteiger partial charge in [-0.25, -0.2) is 4.99 Å². The second-order valence-corrected chi connectivity index (χ2v) is 6.31. The van der Waals surface area contributed by atoms with E-state index in [1.807, 2.05) is 6.92 Å². The molecule has 0 radical (unpaired) electrons. The van der Waals surface area contributed by atoms with Crippen LogP contribution < -0.4 is 15.4 Å². The highest BCUT2D eigenvalue weighted by Gasteiger charge is 2.08. The van der Waals surface area contributed by atoms with Gasteiger partial charge in [0.25, 0.3) is 0 Å². The van der Waals surface area contributed by atoms with Crippen LogP contribution in [0.25, 0.3) is 0 Å². The van der Waals surface area contributed by atoms with E-state index in [0.717, 1.165) is 24.6 Å². The molecule has 0 saturated carbocycles. The summed E-state index contributed by atoms with van der Waals surface area (Å²) in [5, 5.41) is 20.8. The molecular weight excluding hydrogens is 322 g/mol. The van der Waals surface area contributed by atoms with Crippen molar-refractivity contribution >= 4 is 17.3 Å². The van der Waals surface area contributed by atoms with E-state index in [4.69, 9.17) is 4.74 Å². The van der Waals surface area contributed by atoms with E-state index in [1.165, 1.54) is 5.56 Å². The normalized spacial score (nSPS) is 12.7. The zero-order chi connectivity index (χ0) is 17.4. The number of ether oxygens (including phenoxy) is 1. The van der Waals surface area contributed by atoms with E-state index in [-0.39, 0.29) is 5.75 Å². The van der Waals surface area contributed by atoms with Crippen molar-refractivity contribution in [2.75, 3.05) is 20.2 Å². The number of thiophene rings is 1. The van der Waals surface area contributed by atoms with Crippen molar-refractivity contribution in [1.29, 1.82) is 0 Å². The standard InChI is InChI=1S/C18H25N3O2S/c1-4-19-18(20-10-13(2)14-7-8-24-12-14)21-11-15-9-16(23-3)5-6-17(15)22/h5-9,12-13,22H,4,10-11H2,1-3H3,(H2,19,20,21). The number of nitrogens with zero attached hydrogens (tertiary/aromatic N) is 1. The molecule has 0 amide bonds. The van der Waals surface area contributed by atoms with Gasteiger partial charge < -0.3 is 20.5 Å². The summed E-state index contributed by atoms with van der Waals surface area (Å²) >= 11 is 1.71. The Balaban J connectivity index is 2.00. The molecule has 0 spiro atoms. The van der Waals surface area contributed by atoms with Gasteiger partial charge >= 0.3 is 0 Å². The first-order chi connectivity index (χ1) is 11.6. The van der Waals surface area contributed by atoms with Crippen molar-refractivity contribution in [2.45, 2.75) is 26.3 Å². The Morgan fingerprint density at radius 1 is 1.33 bits per heavy atom. The molecular formula is C18H25N3O2S. The van der Waals surface area contributed by atoms with Gasteiger partial charge in [0, 0.05) is 18.7 Å². The number of phenolic OH excluding ortho intramolecular Hbond substituents is 1. The quantitative estimate of drug-likeness (QED) is 0.531.